The molecule has 2 atom stereocenters. The third-order valence-electron chi connectivity index (χ3n) is 3.28. The van der Waals surface area contributed by atoms with Gasteiger partial charge in [0.05, 0.1) is 13.2 Å². The minimum absolute atomic E-state index is 0.336. The maximum atomic E-state index is 5.75. The van der Waals surface area contributed by atoms with Crippen molar-refractivity contribution in [2.45, 2.75) is 26.4 Å². The standard InChI is InChI=1S/C13H21N3O2/c1-9(2)12-10(5-7-18-12)8-15-13-14-6-4-11(16-13)17-3/h4,6,9-10,12H,5,7-8H2,1-3H3,(H,14,15,16)/t10-,12-/m1/s1. The van der Waals surface area contributed by atoms with Gasteiger partial charge in [0, 0.05) is 31.3 Å². The topological polar surface area (TPSA) is 56.3 Å². The van der Waals surface area contributed by atoms with Gasteiger partial charge in [-0.15, -0.1) is 0 Å². The summed E-state index contributed by atoms with van der Waals surface area (Å²) in [7, 11) is 1.60. The predicted octanol–water partition coefficient (Wildman–Crippen LogP) is 1.96. The molecule has 5 nitrogen and oxygen atoms in total. The van der Waals surface area contributed by atoms with Crippen LogP contribution in [-0.2, 0) is 4.74 Å². The van der Waals surface area contributed by atoms with Crippen molar-refractivity contribution in [3.05, 3.63) is 12.3 Å². The second kappa shape index (κ2) is 6.00. The summed E-state index contributed by atoms with van der Waals surface area (Å²) in [5, 5.41) is 3.26. The minimum Gasteiger partial charge on any atom is -0.481 e. The summed E-state index contributed by atoms with van der Waals surface area (Å²) in [5.41, 5.74) is 0. The number of methoxy groups -OCH3 is 1. The van der Waals surface area contributed by atoms with Gasteiger partial charge in [0.2, 0.25) is 11.8 Å². The highest BCUT2D eigenvalue weighted by Crippen LogP contribution is 2.26. The fourth-order valence-electron chi connectivity index (χ4n) is 2.37. The number of rotatable bonds is 5. The number of ether oxygens (including phenoxy) is 2. The van der Waals surface area contributed by atoms with Gasteiger partial charge in [-0.05, 0) is 12.3 Å². The molecule has 18 heavy (non-hydrogen) atoms. The molecule has 1 fully saturated rings. The van der Waals surface area contributed by atoms with Crippen LogP contribution in [0.3, 0.4) is 0 Å². The van der Waals surface area contributed by atoms with Crippen LogP contribution in [0.4, 0.5) is 5.95 Å². The van der Waals surface area contributed by atoms with E-state index in [1.807, 2.05) is 0 Å². The Morgan fingerprint density at radius 2 is 2.39 bits per heavy atom. The molecule has 2 rings (SSSR count). The fourth-order valence-corrected chi connectivity index (χ4v) is 2.37. The maximum absolute atomic E-state index is 5.75. The van der Waals surface area contributed by atoms with E-state index in [2.05, 4.69) is 29.1 Å². The third-order valence-corrected chi connectivity index (χ3v) is 3.28. The summed E-state index contributed by atoms with van der Waals surface area (Å²) >= 11 is 0. The van der Waals surface area contributed by atoms with Crippen molar-refractivity contribution in [3.63, 3.8) is 0 Å². The zero-order chi connectivity index (χ0) is 13.0. The number of nitrogens with zero attached hydrogens (tertiary/aromatic N) is 2. The second-order valence-electron chi connectivity index (χ2n) is 4.93. The highest BCUT2D eigenvalue weighted by molar-refractivity contribution is 5.27. The van der Waals surface area contributed by atoms with E-state index in [1.54, 1.807) is 19.4 Å². The summed E-state index contributed by atoms with van der Waals surface area (Å²) in [4.78, 5) is 8.41. The highest BCUT2D eigenvalue weighted by Gasteiger charge is 2.30. The zero-order valence-electron chi connectivity index (χ0n) is 11.2. The van der Waals surface area contributed by atoms with Crippen LogP contribution in [0.5, 0.6) is 5.88 Å². The van der Waals surface area contributed by atoms with Gasteiger partial charge >= 0.3 is 0 Å². The van der Waals surface area contributed by atoms with Gasteiger partial charge in [0.15, 0.2) is 0 Å². The van der Waals surface area contributed by atoms with Gasteiger partial charge < -0.3 is 14.8 Å². The quantitative estimate of drug-likeness (QED) is 0.867. The normalized spacial score (nSPS) is 23.3. The lowest BCUT2D eigenvalue weighted by molar-refractivity contribution is 0.0566. The lowest BCUT2D eigenvalue weighted by atomic mass is 9.93. The molecule has 1 aliphatic heterocycles. The minimum atomic E-state index is 0.336. The molecule has 0 aliphatic carbocycles. The molecule has 1 aromatic rings. The van der Waals surface area contributed by atoms with Crippen molar-refractivity contribution in [3.8, 4) is 5.88 Å². The molecule has 100 valence electrons. The van der Waals surface area contributed by atoms with Gasteiger partial charge in [-0.1, -0.05) is 13.8 Å². The summed E-state index contributed by atoms with van der Waals surface area (Å²) in [5.74, 6) is 2.27. The second-order valence-corrected chi connectivity index (χ2v) is 4.93. The van der Waals surface area contributed by atoms with Crippen molar-refractivity contribution in [1.29, 1.82) is 0 Å². The Balaban J connectivity index is 1.90. The smallest absolute Gasteiger partial charge is 0.225 e. The summed E-state index contributed by atoms with van der Waals surface area (Å²) in [6.45, 7) is 6.10. The van der Waals surface area contributed by atoms with Gasteiger partial charge in [-0.2, -0.15) is 4.98 Å². The van der Waals surface area contributed by atoms with Crippen molar-refractivity contribution in [2.24, 2.45) is 11.8 Å². The van der Waals surface area contributed by atoms with Gasteiger partial charge in [-0.3, -0.25) is 0 Å². The first-order chi connectivity index (χ1) is 8.70. The van der Waals surface area contributed by atoms with E-state index in [4.69, 9.17) is 9.47 Å². The van der Waals surface area contributed by atoms with Crippen molar-refractivity contribution in [1.82, 2.24) is 9.97 Å². The van der Waals surface area contributed by atoms with Crippen molar-refractivity contribution >= 4 is 5.95 Å². The Morgan fingerprint density at radius 3 is 3.11 bits per heavy atom. The molecule has 1 aliphatic rings. The molecule has 1 aromatic heterocycles. The monoisotopic (exact) mass is 251 g/mol. The molecule has 5 heteroatoms. The Labute approximate surface area is 108 Å². The Kier molecular flexibility index (Phi) is 4.36. The molecular weight excluding hydrogens is 230 g/mol. The number of hydrogen-bond donors (Lipinski definition) is 1. The number of hydrogen-bond acceptors (Lipinski definition) is 5. The largest absolute Gasteiger partial charge is 0.481 e. The van der Waals surface area contributed by atoms with Gasteiger partial charge in [0.25, 0.3) is 0 Å². The van der Waals surface area contributed by atoms with Crippen LogP contribution in [-0.4, -0.2) is 36.3 Å². The predicted molar refractivity (Wildman–Crippen MR) is 69.8 cm³/mol. The van der Waals surface area contributed by atoms with Gasteiger partial charge in [0.1, 0.15) is 0 Å². The van der Waals surface area contributed by atoms with E-state index in [9.17, 15) is 0 Å². The van der Waals surface area contributed by atoms with E-state index >= 15 is 0 Å². The SMILES string of the molecule is COc1ccnc(NC[C@H]2CCO[C@@H]2C(C)C)n1. The molecule has 0 unspecified atom stereocenters. The van der Waals surface area contributed by atoms with Crippen LogP contribution in [0.1, 0.15) is 20.3 Å². The van der Waals surface area contributed by atoms with E-state index < -0.39 is 0 Å². The number of aromatic nitrogens is 2. The van der Waals surface area contributed by atoms with Gasteiger partial charge in [-0.25, -0.2) is 4.98 Å². The molecule has 0 spiro atoms. The fraction of sp³-hybridized carbons (Fsp3) is 0.692. The van der Waals surface area contributed by atoms with Crippen LogP contribution in [0.15, 0.2) is 12.3 Å². The van der Waals surface area contributed by atoms with E-state index in [0.717, 1.165) is 19.6 Å². The average molecular weight is 251 g/mol. The lowest BCUT2D eigenvalue weighted by Gasteiger charge is -2.22. The molecule has 2 heterocycles. The van der Waals surface area contributed by atoms with E-state index in [1.165, 1.54) is 0 Å². The molecule has 0 bridgehead atoms. The zero-order valence-corrected chi connectivity index (χ0v) is 11.2. The van der Waals surface area contributed by atoms with Crippen LogP contribution in [0.25, 0.3) is 0 Å². The van der Waals surface area contributed by atoms with Crippen LogP contribution < -0.4 is 10.1 Å². The first-order valence-corrected chi connectivity index (χ1v) is 6.43. The molecule has 1 saturated heterocycles. The summed E-state index contributed by atoms with van der Waals surface area (Å²) in [6.07, 6.45) is 3.13. The number of anilines is 1. The number of nitrogens with one attached hydrogen (secondary N) is 1. The molecular formula is C13H21N3O2. The van der Waals surface area contributed by atoms with Crippen LogP contribution in [0, 0.1) is 11.8 Å². The highest BCUT2D eigenvalue weighted by atomic mass is 16.5. The lowest BCUT2D eigenvalue weighted by Crippen LogP contribution is -2.28. The van der Waals surface area contributed by atoms with Crippen LogP contribution in [0.2, 0.25) is 0 Å². The van der Waals surface area contributed by atoms with Crippen LogP contribution >= 0.6 is 0 Å². The first kappa shape index (κ1) is 13.1. The third kappa shape index (κ3) is 3.10. The van der Waals surface area contributed by atoms with Crippen molar-refractivity contribution in [2.75, 3.05) is 25.6 Å². The van der Waals surface area contributed by atoms with Crippen molar-refractivity contribution < 1.29 is 9.47 Å². The molecule has 0 radical (unpaired) electrons. The first-order valence-electron chi connectivity index (χ1n) is 6.43. The summed E-state index contributed by atoms with van der Waals surface area (Å²) in [6, 6.07) is 1.74. The maximum Gasteiger partial charge on any atom is 0.225 e. The summed E-state index contributed by atoms with van der Waals surface area (Å²) < 4.78 is 10.8. The molecule has 1 N–H and O–H groups in total. The molecule has 0 amide bonds. The molecule has 0 aromatic carbocycles. The Bertz CT molecular complexity index is 384. The Morgan fingerprint density at radius 1 is 1.56 bits per heavy atom. The van der Waals surface area contributed by atoms with E-state index in [0.29, 0.717) is 29.8 Å². The Hall–Kier alpha value is -1.36. The molecule has 0 saturated carbocycles. The van der Waals surface area contributed by atoms with E-state index in [-0.39, 0.29) is 0 Å². The average Bonchev–Trinajstić information content (AvgIpc) is 2.85.